The summed E-state index contributed by atoms with van der Waals surface area (Å²) < 4.78 is 5.37. The maximum absolute atomic E-state index is 11.9. The third-order valence-electron chi connectivity index (χ3n) is 4.53. The van der Waals surface area contributed by atoms with Gasteiger partial charge in [0.05, 0.1) is 6.10 Å². The van der Waals surface area contributed by atoms with Crippen LogP contribution in [0.2, 0.25) is 0 Å². The fourth-order valence-corrected chi connectivity index (χ4v) is 3.07. The summed E-state index contributed by atoms with van der Waals surface area (Å²) >= 11 is 0. The van der Waals surface area contributed by atoms with E-state index in [0.29, 0.717) is 11.8 Å². The van der Waals surface area contributed by atoms with Crippen LogP contribution in [-0.4, -0.2) is 40.9 Å². The molecule has 2 fully saturated rings. The van der Waals surface area contributed by atoms with Crippen LogP contribution in [0.5, 0.6) is 0 Å². The first-order valence-corrected chi connectivity index (χ1v) is 8.07. The van der Waals surface area contributed by atoms with Gasteiger partial charge in [0, 0.05) is 19.0 Å². The van der Waals surface area contributed by atoms with Crippen molar-refractivity contribution in [1.82, 2.24) is 4.90 Å². The van der Waals surface area contributed by atoms with Gasteiger partial charge in [0.1, 0.15) is 5.60 Å². The van der Waals surface area contributed by atoms with Crippen molar-refractivity contribution in [3.8, 4) is 0 Å². The van der Waals surface area contributed by atoms with Gasteiger partial charge in [-0.15, -0.1) is 0 Å². The van der Waals surface area contributed by atoms with Crippen molar-refractivity contribution in [3.63, 3.8) is 0 Å². The summed E-state index contributed by atoms with van der Waals surface area (Å²) in [6.07, 6.45) is 1.44. The van der Waals surface area contributed by atoms with Gasteiger partial charge in [-0.25, -0.2) is 4.79 Å². The predicted octanol–water partition coefficient (Wildman–Crippen LogP) is 3.26. The van der Waals surface area contributed by atoms with Gasteiger partial charge >= 0.3 is 6.09 Å². The summed E-state index contributed by atoms with van der Waals surface area (Å²) in [5, 5.41) is 9.38. The van der Waals surface area contributed by atoms with Crippen molar-refractivity contribution in [1.29, 1.82) is 0 Å². The van der Waals surface area contributed by atoms with E-state index in [-0.39, 0.29) is 12.2 Å². The zero-order valence-electron chi connectivity index (χ0n) is 13.6. The van der Waals surface area contributed by atoms with Crippen LogP contribution in [-0.2, 0) is 4.74 Å². The number of aliphatic hydroxyl groups excluding tert-OH is 1. The van der Waals surface area contributed by atoms with Crippen molar-refractivity contribution in [2.45, 2.75) is 57.2 Å². The number of likely N-dealkylation sites (tertiary alicyclic amines) is 1. The number of ether oxygens (including phenoxy) is 1. The average molecular weight is 303 g/mol. The fourth-order valence-electron chi connectivity index (χ4n) is 3.07. The highest BCUT2D eigenvalue weighted by Gasteiger charge is 2.35. The van der Waals surface area contributed by atoms with Crippen LogP contribution in [0.3, 0.4) is 0 Å². The molecular formula is C18H25NO3. The van der Waals surface area contributed by atoms with Crippen LogP contribution in [0.15, 0.2) is 24.3 Å². The molecule has 120 valence electrons. The zero-order chi connectivity index (χ0) is 15.9. The molecule has 1 aromatic rings. The Morgan fingerprint density at radius 2 is 1.59 bits per heavy atom. The maximum Gasteiger partial charge on any atom is 0.410 e. The molecule has 1 saturated carbocycles. The molecule has 0 radical (unpaired) electrons. The average Bonchev–Trinajstić information content (AvgIpc) is 2.32. The molecule has 0 bridgehead atoms. The van der Waals surface area contributed by atoms with Crippen molar-refractivity contribution < 1.29 is 14.6 Å². The molecule has 1 aromatic carbocycles. The molecule has 2 aliphatic rings. The SMILES string of the molecule is CC(C)(C)OC(=O)N1CC(c2ccc(C3CC(O)C3)cc2)C1. The number of hydrogen-bond acceptors (Lipinski definition) is 3. The van der Waals surface area contributed by atoms with Gasteiger partial charge in [0.2, 0.25) is 0 Å². The summed E-state index contributed by atoms with van der Waals surface area (Å²) in [6, 6.07) is 8.66. The third kappa shape index (κ3) is 3.27. The molecule has 0 unspecified atom stereocenters. The van der Waals surface area contributed by atoms with Crippen LogP contribution < -0.4 is 0 Å². The summed E-state index contributed by atoms with van der Waals surface area (Å²) in [5.41, 5.74) is 2.16. The standard InChI is InChI=1S/C18H25NO3/c1-18(2,3)22-17(21)19-10-15(11-19)13-6-4-12(5-7-13)14-8-16(20)9-14/h4-7,14-16,20H,8-11H2,1-3H3. The molecule has 3 rings (SSSR count). The second-order valence-corrected chi connectivity index (χ2v) is 7.57. The van der Waals surface area contributed by atoms with E-state index in [1.54, 1.807) is 4.90 Å². The van der Waals surface area contributed by atoms with Crippen molar-refractivity contribution in [2.24, 2.45) is 0 Å². The first-order valence-electron chi connectivity index (χ1n) is 8.07. The molecule has 4 nitrogen and oxygen atoms in total. The van der Waals surface area contributed by atoms with Crippen LogP contribution in [0.25, 0.3) is 0 Å². The second-order valence-electron chi connectivity index (χ2n) is 7.57. The van der Waals surface area contributed by atoms with Crippen molar-refractivity contribution in [2.75, 3.05) is 13.1 Å². The zero-order valence-corrected chi connectivity index (χ0v) is 13.6. The van der Waals surface area contributed by atoms with Gasteiger partial charge in [-0.1, -0.05) is 24.3 Å². The van der Waals surface area contributed by atoms with Gasteiger partial charge in [-0.2, -0.15) is 0 Å². The number of amides is 1. The highest BCUT2D eigenvalue weighted by Crippen LogP contribution is 2.37. The van der Waals surface area contributed by atoms with Crippen LogP contribution in [0, 0.1) is 0 Å². The molecule has 1 saturated heterocycles. The van der Waals surface area contributed by atoms with E-state index in [4.69, 9.17) is 4.74 Å². The number of carbonyl (C=O) groups is 1. The van der Waals surface area contributed by atoms with Gasteiger partial charge < -0.3 is 14.7 Å². The largest absolute Gasteiger partial charge is 0.444 e. The van der Waals surface area contributed by atoms with E-state index in [0.717, 1.165) is 25.9 Å². The molecule has 0 spiro atoms. The summed E-state index contributed by atoms with van der Waals surface area (Å²) in [7, 11) is 0. The normalized spacial score (nSPS) is 25.4. The first kappa shape index (κ1) is 15.3. The number of nitrogens with zero attached hydrogens (tertiary/aromatic N) is 1. The number of hydrogen-bond donors (Lipinski definition) is 1. The molecule has 0 aromatic heterocycles. The van der Waals surface area contributed by atoms with Gasteiger partial charge in [0.25, 0.3) is 0 Å². The smallest absolute Gasteiger partial charge is 0.410 e. The molecule has 1 heterocycles. The van der Waals surface area contributed by atoms with E-state index in [1.807, 2.05) is 20.8 Å². The topological polar surface area (TPSA) is 49.8 Å². The third-order valence-corrected chi connectivity index (χ3v) is 4.53. The Labute approximate surface area is 132 Å². The summed E-state index contributed by atoms with van der Waals surface area (Å²) in [5.74, 6) is 0.928. The monoisotopic (exact) mass is 303 g/mol. The molecule has 1 aliphatic heterocycles. The predicted molar refractivity (Wildman–Crippen MR) is 85.0 cm³/mol. The van der Waals surface area contributed by atoms with Crippen LogP contribution in [0.4, 0.5) is 4.79 Å². The number of aliphatic hydroxyl groups is 1. The Kier molecular flexibility index (Phi) is 3.89. The minimum absolute atomic E-state index is 0.112. The Morgan fingerprint density at radius 3 is 2.05 bits per heavy atom. The second kappa shape index (κ2) is 5.58. The Bertz CT molecular complexity index is 534. The lowest BCUT2D eigenvalue weighted by atomic mass is 9.77. The molecular weight excluding hydrogens is 278 g/mol. The molecule has 1 aliphatic carbocycles. The molecule has 22 heavy (non-hydrogen) atoms. The lowest BCUT2D eigenvalue weighted by Crippen LogP contribution is -2.50. The Balaban J connectivity index is 1.51. The number of rotatable bonds is 2. The van der Waals surface area contributed by atoms with Crippen LogP contribution in [0.1, 0.15) is 56.6 Å². The van der Waals surface area contributed by atoms with Crippen LogP contribution >= 0.6 is 0 Å². The Morgan fingerprint density at radius 1 is 1.09 bits per heavy atom. The van der Waals surface area contributed by atoms with E-state index in [9.17, 15) is 9.90 Å². The fraction of sp³-hybridized carbons (Fsp3) is 0.611. The highest BCUT2D eigenvalue weighted by atomic mass is 16.6. The first-order chi connectivity index (χ1) is 10.3. The van der Waals surface area contributed by atoms with E-state index in [2.05, 4.69) is 24.3 Å². The number of benzene rings is 1. The highest BCUT2D eigenvalue weighted by molar-refractivity contribution is 5.69. The summed E-state index contributed by atoms with van der Waals surface area (Å²) in [6.45, 7) is 7.13. The minimum atomic E-state index is -0.433. The number of carbonyl (C=O) groups excluding carboxylic acids is 1. The molecule has 0 atom stereocenters. The van der Waals surface area contributed by atoms with Crippen molar-refractivity contribution in [3.05, 3.63) is 35.4 Å². The van der Waals surface area contributed by atoms with Crippen molar-refractivity contribution >= 4 is 6.09 Å². The van der Waals surface area contributed by atoms with Gasteiger partial charge in [-0.05, 0) is 50.7 Å². The van der Waals surface area contributed by atoms with Gasteiger partial charge in [-0.3, -0.25) is 0 Å². The maximum atomic E-state index is 11.9. The van der Waals surface area contributed by atoms with E-state index in [1.165, 1.54) is 11.1 Å². The summed E-state index contributed by atoms with van der Waals surface area (Å²) in [4.78, 5) is 13.7. The molecule has 1 amide bonds. The quantitative estimate of drug-likeness (QED) is 0.912. The van der Waals surface area contributed by atoms with E-state index < -0.39 is 5.60 Å². The lowest BCUT2D eigenvalue weighted by Gasteiger charge is -2.40. The molecule has 1 N–H and O–H groups in total. The van der Waals surface area contributed by atoms with E-state index >= 15 is 0 Å². The Hall–Kier alpha value is -1.55. The minimum Gasteiger partial charge on any atom is -0.444 e. The molecule has 4 heteroatoms. The lowest BCUT2D eigenvalue weighted by molar-refractivity contribution is 0.00819. The van der Waals surface area contributed by atoms with Gasteiger partial charge in [0.15, 0.2) is 0 Å².